The zero-order valence-corrected chi connectivity index (χ0v) is 17.8. The number of fused-ring (bicyclic) bond motifs is 1. The van der Waals surface area contributed by atoms with Crippen molar-refractivity contribution in [2.45, 2.75) is 33.6 Å². The summed E-state index contributed by atoms with van der Waals surface area (Å²) in [4.78, 5) is 29.1. The number of aryl methyl sites for hydroxylation is 3. The van der Waals surface area contributed by atoms with Crippen molar-refractivity contribution in [3.05, 3.63) is 85.9 Å². The first-order valence-electron chi connectivity index (χ1n) is 9.82. The molecule has 152 valence electrons. The molecule has 30 heavy (non-hydrogen) atoms. The van der Waals surface area contributed by atoms with Crippen LogP contribution in [0.25, 0.3) is 10.9 Å². The van der Waals surface area contributed by atoms with Crippen LogP contribution in [-0.2, 0) is 12.8 Å². The molecule has 2 N–H and O–H groups in total. The molecule has 4 rings (SSSR count). The predicted octanol–water partition coefficient (Wildman–Crippen LogP) is 4.88. The van der Waals surface area contributed by atoms with Gasteiger partial charge in [-0.05, 0) is 49.6 Å². The summed E-state index contributed by atoms with van der Waals surface area (Å²) in [7, 11) is 0. The number of nitrogens with one attached hydrogen (secondary N) is 2. The number of hydrogen-bond donors (Lipinski definition) is 2. The van der Waals surface area contributed by atoms with Crippen molar-refractivity contribution in [1.29, 1.82) is 0 Å². The first-order valence-corrected chi connectivity index (χ1v) is 10.2. The number of aromatic amines is 1. The van der Waals surface area contributed by atoms with Gasteiger partial charge in [-0.15, -0.1) is 0 Å². The Balaban J connectivity index is 1.64. The average Bonchev–Trinajstić information content (AvgIpc) is 2.72. The lowest BCUT2D eigenvalue weighted by Crippen LogP contribution is -2.19. The highest BCUT2D eigenvalue weighted by molar-refractivity contribution is 6.31. The van der Waals surface area contributed by atoms with E-state index in [2.05, 4.69) is 44.3 Å². The van der Waals surface area contributed by atoms with Gasteiger partial charge in [-0.25, -0.2) is 15.0 Å². The molecule has 2 heterocycles. The first-order chi connectivity index (χ1) is 14.4. The summed E-state index contributed by atoms with van der Waals surface area (Å²) in [5, 5.41) is 4.69. The lowest BCUT2D eigenvalue weighted by Gasteiger charge is -2.11. The minimum Gasteiger partial charge on any atom is -0.294 e. The van der Waals surface area contributed by atoms with Crippen LogP contribution in [0.5, 0.6) is 0 Å². The van der Waals surface area contributed by atoms with E-state index >= 15 is 0 Å². The monoisotopic (exact) mass is 419 g/mol. The lowest BCUT2D eigenvalue weighted by atomic mass is 10.1. The van der Waals surface area contributed by atoms with Crippen LogP contribution >= 0.6 is 11.6 Å². The van der Waals surface area contributed by atoms with Gasteiger partial charge < -0.3 is 0 Å². The topological polar surface area (TPSA) is 83.6 Å². The number of H-pyrrole nitrogens is 1. The summed E-state index contributed by atoms with van der Waals surface area (Å²) in [6.07, 6.45) is 1.37. The van der Waals surface area contributed by atoms with Crippen LogP contribution in [0.2, 0.25) is 5.02 Å². The highest BCUT2D eigenvalue weighted by Crippen LogP contribution is 2.21. The second kappa shape index (κ2) is 8.24. The van der Waals surface area contributed by atoms with E-state index in [1.165, 1.54) is 5.56 Å². The summed E-state index contributed by atoms with van der Waals surface area (Å²) >= 11 is 6.24. The molecule has 0 aliphatic rings. The summed E-state index contributed by atoms with van der Waals surface area (Å²) in [6, 6.07) is 13.6. The third-order valence-corrected chi connectivity index (χ3v) is 5.51. The Morgan fingerprint density at radius 1 is 1.03 bits per heavy atom. The zero-order chi connectivity index (χ0) is 21.3. The highest BCUT2D eigenvalue weighted by atomic mass is 35.5. The number of rotatable bonds is 5. The third-order valence-electron chi connectivity index (χ3n) is 5.14. The molecular formula is C23H22ClN5O. The van der Waals surface area contributed by atoms with E-state index in [-0.39, 0.29) is 5.56 Å². The fourth-order valence-corrected chi connectivity index (χ4v) is 3.62. The fraction of sp³-hybridized carbons (Fsp3) is 0.217. The van der Waals surface area contributed by atoms with Gasteiger partial charge in [0.05, 0.1) is 16.9 Å². The molecule has 2 aromatic carbocycles. The molecule has 4 aromatic rings. The second-order valence-corrected chi connectivity index (χ2v) is 7.62. The molecule has 0 aliphatic heterocycles. The van der Waals surface area contributed by atoms with E-state index in [4.69, 9.17) is 11.6 Å². The maximum Gasteiger partial charge on any atom is 0.256 e. The van der Waals surface area contributed by atoms with Gasteiger partial charge in [-0.2, -0.15) is 0 Å². The van der Waals surface area contributed by atoms with Crippen LogP contribution in [0.15, 0.2) is 47.3 Å². The maximum absolute atomic E-state index is 12.7. The fourth-order valence-electron chi connectivity index (χ4n) is 3.42. The molecule has 0 spiro atoms. The van der Waals surface area contributed by atoms with Gasteiger partial charge >= 0.3 is 0 Å². The van der Waals surface area contributed by atoms with Crippen LogP contribution in [0.1, 0.15) is 35.0 Å². The molecule has 0 radical (unpaired) electrons. The summed E-state index contributed by atoms with van der Waals surface area (Å²) < 4.78 is 0. The molecule has 0 atom stereocenters. The van der Waals surface area contributed by atoms with E-state index in [0.29, 0.717) is 34.6 Å². The number of anilines is 2. The van der Waals surface area contributed by atoms with Gasteiger partial charge in [0.15, 0.2) is 0 Å². The largest absolute Gasteiger partial charge is 0.294 e. The molecule has 0 fully saturated rings. The molecule has 0 saturated heterocycles. The van der Waals surface area contributed by atoms with Crippen molar-refractivity contribution >= 4 is 34.4 Å². The van der Waals surface area contributed by atoms with Crippen LogP contribution in [0.3, 0.4) is 0 Å². The summed E-state index contributed by atoms with van der Waals surface area (Å²) in [5.74, 6) is 0.704. The van der Waals surface area contributed by atoms with E-state index in [1.807, 2.05) is 44.2 Å². The molecule has 0 saturated carbocycles. The standard InChI is InChI=1S/C23H22ClN5O/c1-4-15-9-10-20-17(11-15)13(2)25-22(27-20)29-23-26-14(3)18(21(30)28-23)12-16-7-5-6-8-19(16)24/h5-11H,4,12H2,1-3H3,(H2,25,26,27,28,29,30). The predicted molar refractivity (Wildman–Crippen MR) is 121 cm³/mol. The van der Waals surface area contributed by atoms with E-state index in [0.717, 1.165) is 28.6 Å². The van der Waals surface area contributed by atoms with Crippen molar-refractivity contribution in [3.8, 4) is 0 Å². The Hall–Kier alpha value is -3.25. The van der Waals surface area contributed by atoms with Gasteiger partial charge in [0, 0.05) is 22.4 Å². The molecule has 0 bridgehead atoms. The number of nitrogens with zero attached hydrogens (tertiary/aromatic N) is 3. The van der Waals surface area contributed by atoms with E-state index in [9.17, 15) is 4.79 Å². The molecule has 7 heteroatoms. The quantitative estimate of drug-likeness (QED) is 0.481. The maximum atomic E-state index is 12.7. The second-order valence-electron chi connectivity index (χ2n) is 7.21. The normalized spacial score (nSPS) is 11.1. The summed E-state index contributed by atoms with van der Waals surface area (Å²) in [6.45, 7) is 5.88. The third kappa shape index (κ3) is 4.04. The molecule has 0 amide bonds. The minimum atomic E-state index is -0.213. The Labute approximate surface area is 179 Å². The molecular weight excluding hydrogens is 398 g/mol. The van der Waals surface area contributed by atoms with Gasteiger partial charge in [-0.3, -0.25) is 15.1 Å². The van der Waals surface area contributed by atoms with Gasteiger partial charge in [0.1, 0.15) is 0 Å². The van der Waals surface area contributed by atoms with Crippen molar-refractivity contribution in [3.63, 3.8) is 0 Å². The molecule has 2 aromatic heterocycles. The number of benzene rings is 2. The van der Waals surface area contributed by atoms with Crippen LogP contribution in [0.4, 0.5) is 11.9 Å². The Bertz CT molecular complexity index is 1300. The average molecular weight is 420 g/mol. The van der Waals surface area contributed by atoms with Crippen LogP contribution < -0.4 is 10.9 Å². The van der Waals surface area contributed by atoms with Gasteiger partial charge in [0.2, 0.25) is 11.9 Å². The van der Waals surface area contributed by atoms with Crippen molar-refractivity contribution in [2.75, 3.05) is 5.32 Å². The molecule has 6 nitrogen and oxygen atoms in total. The number of aromatic nitrogens is 4. The smallest absolute Gasteiger partial charge is 0.256 e. The molecule has 0 aliphatic carbocycles. The van der Waals surface area contributed by atoms with Crippen LogP contribution in [0, 0.1) is 13.8 Å². The summed E-state index contributed by atoms with van der Waals surface area (Å²) in [5.41, 5.74) is 4.84. The van der Waals surface area contributed by atoms with Crippen molar-refractivity contribution in [2.24, 2.45) is 0 Å². The van der Waals surface area contributed by atoms with Crippen molar-refractivity contribution in [1.82, 2.24) is 19.9 Å². The lowest BCUT2D eigenvalue weighted by molar-refractivity contribution is 0.978. The van der Waals surface area contributed by atoms with Gasteiger partial charge in [-0.1, -0.05) is 42.8 Å². The Morgan fingerprint density at radius 2 is 1.83 bits per heavy atom. The Kier molecular flexibility index (Phi) is 5.50. The first kappa shape index (κ1) is 20.0. The zero-order valence-electron chi connectivity index (χ0n) is 17.1. The van der Waals surface area contributed by atoms with Gasteiger partial charge in [0.25, 0.3) is 5.56 Å². The van der Waals surface area contributed by atoms with E-state index in [1.54, 1.807) is 0 Å². The SMILES string of the molecule is CCc1ccc2nc(Nc3nc(C)c(Cc4ccccc4Cl)c(=O)[nH]3)nc(C)c2c1. The van der Waals surface area contributed by atoms with E-state index < -0.39 is 0 Å². The highest BCUT2D eigenvalue weighted by Gasteiger charge is 2.12. The van der Waals surface area contributed by atoms with Crippen LogP contribution in [-0.4, -0.2) is 19.9 Å². The number of halogens is 1. The van der Waals surface area contributed by atoms with Crippen molar-refractivity contribution < 1.29 is 0 Å². The number of hydrogen-bond acceptors (Lipinski definition) is 5. The minimum absolute atomic E-state index is 0.213. The molecule has 0 unspecified atom stereocenters. The Morgan fingerprint density at radius 3 is 2.57 bits per heavy atom.